The van der Waals surface area contributed by atoms with Crippen molar-refractivity contribution in [3.05, 3.63) is 18.2 Å². The van der Waals surface area contributed by atoms with E-state index in [1.54, 1.807) is 25.3 Å². The molecule has 0 aliphatic carbocycles. The van der Waals surface area contributed by atoms with Crippen LogP contribution in [0.2, 0.25) is 0 Å². The number of urea groups is 1. The Morgan fingerprint density at radius 2 is 1.95 bits per heavy atom. The van der Waals surface area contributed by atoms with Crippen molar-refractivity contribution in [2.45, 2.75) is 6.42 Å². The molecule has 1 rings (SSSR count). The van der Waals surface area contributed by atoms with Crippen molar-refractivity contribution in [3.63, 3.8) is 0 Å². The number of nitrogens with one attached hydrogen (secondary N) is 2. The second-order valence-electron chi connectivity index (χ2n) is 4.23. The number of hydrogen-bond donors (Lipinski definition) is 3. The minimum absolute atomic E-state index is 0.0501. The van der Waals surface area contributed by atoms with Crippen molar-refractivity contribution in [1.82, 2.24) is 5.32 Å². The third-order valence-corrected chi connectivity index (χ3v) is 2.59. The number of hydrogen-bond acceptors (Lipinski definition) is 5. The minimum atomic E-state index is -0.974. The third kappa shape index (κ3) is 6.31. The minimum Gasteiger partial charge on any atom is -0.493 e. The van der Waals surface area contributed by atoms with E-state index in [-0.39, 0.29) is 13.0 Å². The Hall–Kier alpha value is -2.48. The maximum absolute atomic E-state index is 11.6. The molecule has 0 spiro atoms. The van der Waals surface area contributed by atoms with Crippen molar-refractivity contribution in [2.24, 2.45) is 0 Å². The fourth-order valence-corrected chi connectivity index (χ4v) is 1.56. The van der Waals surface area contributed by atoms with Gasteiger partial charge < -0.3 is 30.0 Å². The number of carbonyl (C=O) groups excluding carboxylic acids is 1. The van der Waals surface area contributed by atoms with Crippen molar-refractivity contribution < 1.29 is 28.9 Å². The molecule has 0 radical (unpaired) electrons. The smallest absolute Gasteiger partial charge is 0.319 e. The summed E-state index contributed by atoms with van der Waals surface area (Å²) >= 11 is 0. The molecule has 0 aliphatic rings. The van der Waals surface area contributed by atoms with Crippen LogP contribution in [0.1, 0.15) is 6.42 Å². The zero-order valence-corrected chi connectivity index (χ0v) is 12.5. The van der Waals surface area contributed by atoms with Gasteiger partial charge in [0.25, 0.3) is 0 Å². The molecule has 1 aromatic rings. The van der Waals surface area contributed by atoms with Gasteiger partial charge in [-0.15, -0.1) is 0 Å². The van der Waals surface area contributed by atoms with E-state index < -0.39 is 12.0 Å². The average Bonchev–Trinajstić information content (AvgIpc) is 2.47. The highest BCUT2D eigenvalue weighted by molar-refractivity contribution is 5.89. The highest BCUT2D eigenvalue weighted by atomic mass is 16.5. The molecule has 22 heavy (non-hydrogen) atoms. The normalized spacial score (nSPS) is 9.91. The molecule has 0 bridgehead atoms. The van der Waals surface area contributed by atoms with Crippen LogP contribution in [0.15, 0.2) is 18.2 Å². The van der Waals surface area contributed by atoms with Crippen LogP contribution in [-0.4, -0.2) is 51.1 Å². The number of methoxy groups -OCH3 is 2. The third-order valence-electron chi connectivity index (χ3n) is 2.59. The number of amides is 2. The van der Waals surface area contributed by atoms with Crippen LogP contribution in [-0.2, 0) is 9.53 Å². The Labute approximate surface area is 128 Å². The van der Waals surface area contributed by atoms with E-state index in [4.69, 9.17) is 19.3 Å². The predicted octanol–water partition coefficient (Wildman–Crippen LogP) is 1.32. The predicted molar refractivity (Wildman–Crippen MR) is 79.6 cm³/mol. The topological polar surface area (TPSA) is 106 Å². The van der Waals surface area contributed by atoms with Crippen LogP contribution in [0.4, 0.5) is 10.5 Å². The van der Waals surface area contributed by atoms with Gasteiger partial charge in [-0.2, -0.15) is 0 Å². The zero-order valence-electron chi connectivity index (χ0n) is 12.5. The Morgan fingerprint density at radius 1 is 1.18 bits per heavy atom. The van der Waals surface area contributed by atoms with E-state index in [0.717, 1.165) is 0 Å². The van der Waals surface area contributed by atoms with Crippen molar-refractivity contribution in [2.75, 3.05) is 39.3 Å². The Bertz CT molecular complexity index is 506. The van der Waals surface area contributed by atoms with Crippen LogP contribution >= 0.6 is 0 Å². The highest BCUT2D eigenvalue weighted by Crippen LogP contribution is 2.30. The second-order valence-corrected chi connectivity index (χ2v) is 4.23. The molecule has 0 fully saturated rings. The van der Waals surface area contributed by atoms with Crippen molar-refractivity contribution in [3.8, 4) is 11.5 Å². The molecule has 0 aliphatic heterocycles. The molecule has 0 aromatic heterocycles. The fourth-order valence-electron chi connectivity index (χ4n) is 1.56. The number of benzene rings is 1. The summed E-state index contributed by atoms with van der Waals surface area (Å²) in [5, 5.41) is 13.5. The number of aliphatic carboxylic acids is 1. The molecule has 8 nitrogen and oxygen atoms in total. The largest absolute Gasteiger partial charge is 0.493 e. The lowest BCUT2D eigenvalue weighted by Gasteiger charge is -2.13. The van der Waals surface area contributed by atoms with Crippen LogP contribution in [0.25, 0.3) is 0 Å². The lowest BCUT2D eigenvalue weighted by atomic mass is 10.2. The first-order valence-electron chi connectivity index (χ1n) is 6.63. The summed E-state index contributed by atoms with van der Waals surface area (Å²) in [6.07, 6.45) is -0.137. The van der Waals surface area contributed by atoms with E-state index in [9.17, 15) is 9.59 Å². The number of ether oxygens (including phenoxy) is 3. The molecule has 3 N–H and O–H groups in total. The summed E-state index contributed by atoms with van der Waals surface area (Å²) in [4.78, 5) is 22.0. The monoisotopic (exact) mass is 312 g/mol. The summed E-state index contributed by atoms with van der Waals surface area (Å²) < 4.78 is 15.6. The lowest BCUT2D eigenvalue weighted by Crippen LogP contribution is -2.30. The van der Waals surface area contributed by atoms with E-state index >= 15 is 0 Å². The van der Waals surface area contributed by atoms with Crippen LogP contribution in [0.3, 0.4) is 0 Å². The SMILES string of the molecule is COCCOc1cc(NC(=O)NCCC(=O)O)ccc1OC. The molecular weight excluding hydrogens is 292 g/mol. The van der Waals surface area contributed by atoms with E-state index in [0.29, 0.717) is 30.4 Å². The van der Waals surface area contributed by atoms with Gasteiger partial charge in [0.15, 0.2) is 11.5 Å². The molecule has 1 aromatic carbocycles. The first kappa shape index (κ1) is 17.6. The molecule has 2 amide bonds. The summed E-state index contributed by atoms with van der Waals surface area (Å²) in [7, 11) is 3.09. The molecular formula is C14H20N2O6. The van der Waals surface area contributed by atoms with Gasteiger partial charge in [-0.25, -0.2) is 4.79 Å². The number of carboxylic acid groups (broad SMARTS) is 1. The van der Waals surface area contributed by atoms with E-state index in [1.165, 1.54) is 7.11 Å². The zero-order chi connectivity index (χ0) is 16.4. The summed E-state index contributed by atoms with van der Waals surface area (Å²) in [6.45, 7) is 0.826. The molecule has 0 saturated heterocycles. The summed E-state index contributed by atoms with van der Waals surface area (Å²) in [5.41, 5.74) is 0.501. The van der Waals surface area contributed by atoms with E-state index in [2.05, 4.69) is 10.6 Å². The molecule has 0 atom stereocenters. The average molecular weight is 312 g/mol. The quantitative estimate of drug-likeness (QED) is 0.594. The molecule has 0 unspecified atom stereocenters. The van der Waals surface area contributed by atoms with Gasteiger partial charge in [-0.05, 0) is 12.1 Å². The first-order chi connectivity index (χ1) is 10.6. The Morgan fingerprint density at radius 3 is 2.59 bits per heavy atom. The Balaban J connectivity index is 2.60. The summed E-state index contributed by atoms with van der Waals surface area (Å²) in [5.74, 6) is 0.0365. The van der Waals surface area contributed by atoms with Gasteiger partial charge in [0.05, 0.1) is 20.1 Å². The first-order valence-corrected chi connectivity index (χ1v) is 6.63. The molecule has 0 heterocycles. The standard InChI is InChI=1S/C14H20N2O6/c1-20-7-8-22-12-9-10(3-4-11(12)21-2)16-14(19)15-6-5-13(17)18/h3-4,9H,5-8H2,1-2H3,(H,17,18)(H2,15,16,19). The Kier molecular flexibility index (Phi) is 7.55. The number of anilines is 1. The fraction of sp³-hybridized carbons (Fsp3) is 0.429. The van der Waals surface area contributed by atoms with Gasteiger partial charge in [-0.3, -0.25) is 4.79 Å². The van der Waals surface area contributed by atoms with Gasteiger partial charge in [0, 0.05) is 25.4 Å². The van der Waals surface area contributed by atoms with Crippen molar-refractivity contribution in [1.29, 1.82) is 0 Å². The lowest BCUT2D eigenvalue weighted by molar-refractivity contribution is -0.136. The number of carbonyl (C=O) groups is 2. The molecule has 122 valence electrons. The molecule has 0 saturated carbocycles. The molecule has 8 heteroatoms. The summed E-state index contributed by atoms with van der Waals surface area (Å²) in [6, 6.07) is 4.44. The van der Waals surface area contributed by atoms with Gasteiger partial charge in [0.1, 0.15) is 6.61 Å². The maximum atomic E-state index is 11.6. The van der Waals surface area contributed by atoms with Gasteiger partial charge >= 0.3 is 12.0 Å². The van der Waals surface area contributed by atoms with Crippen molar-refractivity contribution >= 4 is 17.7 Å². The number of rotatable bonds is 9. The highest BCUT2D eigenvalue weighted by Gasteiger charge is 2.08. The van der Waals surface area contributed by atoms with Gasteiger partial charge in [-0.1, -0.05) is 0 Å². The second kappa shape index (κ2) is 9.46. The maximum Gasteiger partial charge on any atom is 0.319 e. The van der Waals surface area contributed by atoms with Crippen LogP contribution < -0.4 is 20.1 Å². The van der Waals surface area contributed by atoms with Crippen LogP contribution in [0.5, 0.6) is 11.5 Å². The number of carboxylic acids is 1. The van der Waals surface area contributed by atoms with Gasteiger partial charge in [0.2, 0.25) is 0 Å². The van der Waals surface area contributed by atoms with E-state index in [1.807, 2.05) is 0 Å². The van der Waals surface area contributed by atoms with Crippen LogP contribution in [0, 0.1) is 0 Å².